The van der Waals surface area contributed by atoms with Gasteiger partial charge >= 0.3 is 0 Å². The van der Waals surface area contributed by atoms with Gasteiger partial charge in [0.1, 0.15) is 5.82 Å². The molecule has 2 rings (SSSR count). The van der Waals surface area contributed by atoms with Crippen molar-refractivity contribution in [3.05, 3.63) is 60.2 Å². The predicted molar refractivity (Wildman–Crippen MR) is 75.3 cm³/mol. The third kappa shape index (κ3) is 3.86. The largest absolute Gasteiger partial charge is 0.338 e. The molecule has 0 atom stereocenters. The fraction of sp³-hybridized carbons (Fsp3) is 0.267. The fourth-order valence-electron chi connectivity index (χ4n) is 1.78. The maximum atomic E-state index is 4.29. The van der Waals surface area contributed by atoms with Crippen molar-refractivity contribution in [3.8, 4) is 0 Å². The highest BCUT2D eigenvalue weighted by molar-refractivity contribution is 5.48. The average Bonchev–Trinajstić information content (AvgIpc) is 2.81. The summed E-state index contributed by atoms with van der Waals surface area (Å²) in [6.45, 7) is 1.84. The van der Waals surface area contributed by atoms with Crippen molar-refractivity contribution >= 4 is 6.08 Å². The topological polar surface area (TPSA) is 29.9 Å². The van der Waals surface area contributed by atoms with Gasteiger partial charge in [0.2, 0.25) is 0 Å². The molecular formula is C15H19N3. The lowest BCUT2D eigenvalue weighted by atomic mass is 10.2. The highest BCUT2D eigenvalue weighted by atomic mass is 15.0. The van der Waals surface area contributed by atoms with Crippen molar-refractivity contribution in [1.29, 1.82) is 0 Å². The van der Waals surface area contributed by atoms with E-state index in [4.69, 9.17) is 0 Å². The first kappa shape index (κ1) is 12.6. The molecule has 1 aromatic heterocycles. The fourth-order valence-corrected chi connectivity index (χ4v) is 1.78. The predicted octanol–water partition coefficient (Wildman–Crippen LogP) is 2.27. The van der Waals surface area contributed by atoms with Crippen molar-refractivity contribution < 1.29 is 0 Å². The molecule has 0 unspecified atom stereocenters. The maximum absolute atomic E-state index is 4.29. The monoisotopic (exact) mass is 241 g/mol. The summed E-state index contributed by atoms with van der Waals surface area (Å²) in [5.41, 5.74) is 1.24. The Bertz CT molecular complexity index is 485. The van der Waals surface area contributed by atoms with E-state index in [9.17, 15) is 0 Å². The highest BCUT2D eigenvalue weighted by Gasteiger charge is 1.96. The van der Waals surface area contributed by atoms with Crippen LogP contribution in [0.1, 0.15) is 11.4 Å². The lowest BCUT2D eigenvalue weighted by molar-refractivity contribution is 0.693. The molecule has 0 spiro atoms. The molecular weight excluding hydrogens is 222 g/mol. The van der Waals surface area contributed by atoms with E-state index in [1.807, 2.05) is 37.6 Å². The van der Waals surface area contributed by atoms with E-state index in [1.165, 1.54) is 5.56 Å². The first-order valence-electron chi connectivity index (χ1n) is 6.25. The Kier molecular flexibility index (Phi) is 4.73. The van der Waals surface area contributed by atoms with Crippen molar-refractivity contribution in [2.24, 2.45) is 7.05 Å². The Labute approximate surface area is 108 Å². The van der Waals surface area contributed by atoms with Crippen LogP contribution in [0.5, 0.6) is 0 Å². The van der Waals surface area contributed by atoms with Crippen molar-refractivity contribution in [1.82, 2.24) is 14.9 Å². The summed E-state index contributed by atoms with van der Waals surface area (Å²) in [5.74, 6) is 1.12. The zero-order valence-corrected chi connectivity index (χ0v) is 10.7. The van der Waals surface area contributed by atoms with Crippen LogP contribution in [-0.4, -0.2) is 22.6 Å². The van der Waals surface area contributed by atoms with Gasteiger partial charge in [0.05, 0.1) is 0 Å². The molecule has 1 heterocycles. The molecule has 18 heavy (non-hydrogen) atoms. The van der Waals surface area contributed by atoms with Crippen molar-refractivity contribution in [3.63, 3.8) is 0 Å². The first-order chi connectivity index (χ1) is 8.86. The molecule has 0 aliphatic heterocycles. The molecule has 0 radical (unpaired) electrons. The van der Waals surface area contributed by atoms with E-state index < -0.39 is 0 Å². The minimum absolute atomic E-state index is 0.888. The molecule has 1 aromatic carbocycles. The van der Waals surface area contributed by atoms with Crippen molar-refractivity contribution in [2.75, 3.05) is 13.1 Å². The Balaban J connectivity index is 1.65. The Hall–Kier alpha value is -1.87. The van der Waals surface area contributed by atoms with Crippen LogP contribution < -0.4 is 5.32 Å². The summed E-state index contributed by atoms with van der Waals surface area (Å²) in [5, 5.41) is 3.38. The third-order valence-electron chi connectivity index (χ3n) is 2.82. The van der Waals surface area contributed by atoms with Crippen LogP contribution in [0.3, 0.4) is 0 Å². The normalized spacial score (nSPS) is 11.2. The molecule has 0 saturated heterocycles. The van der Waals surface area contributed by atoms with Crippen LogP contribution in [0.4, 0.5) is 0 Å². The molecule has 3 nitrogen and oxygen atoms in total. The second kappa shape index (κ2) is 6.77. The lowest BCUT2D eigenvalue weighted by Gasteiger charge is -2.02. The molecule has 94 valence electrons. The van der Waals surface area contributed by atoms with E-state index in [-0.39, 0.29) is 0 Å². The van der Waals surface area contributed by atoms with Gasteiger partial charge in [-0.3, -0.25) is 0 Å². The number of benzene rings is 1. The van der Waals surface area contributed by atoms with Crippen LogP contribution in [0, 0.1) is 0 Å². The Morgan fingerprint density at radius 1 is 1.28 bits per heavy atom. The summed E-state index contributed by atoms with van der Waals surface area (Å²) in [7, 11) is 2.03. The van der Waals surface area contributed by atoms with Crippen molar-refractivity contribution in [2.45, 2.75) is 6.42 Å². The van der Waals surface area contributed by atoms with Gasteiger partial charge in [-0.1, -0.05) is 42.5 Å². The smallest absolute Gasteiger partial charge is 0.109 e. The lowest BCUT2D eigenvalue weighted by Crippen LogP contribution is -2.18. The van der Waals surface area contributed by atoms with Crippen LogP contribution in [-0.2, 0) is 13.5 Å². The molecule has 1 N–H and O–H groups in total. The molecule has 0 fully saturated rings. The van der Waals surface area contributed by atoms with Gasteiger partial charge < -0.3 is 9.88 Å². The van der Waals surface area contributed by atoms with Crippen LogP contribution >= 0.6 is 0 Å². The number of nitrogens with zero attached hydrogens (tertiary/aromatic N) is 2. The minimum Gasteiger partial charge on any atom is -0.338 e. The van der Waals surface area contributed by atoms with Gasteiger partial charge in [-0.15, -0.1) is 0 Å². The highest BCUT2D eigenvalue weighted by Crippen LogP contribution is 2.00. The SMILES string of the molecule is Cn1ccnc1CCNC/C=C/c1ccccc1. The van der Waals surface area contributed by atoms with E-state index >= 15 is 0 Å². The van der Waals surface area contributed by atoms with Gasteiger partial charge in [0, 0.05) is 39.0 Å². The van der Waals surface area contributed by atoms with Crippen LogP contribution in [0.2, 0.25) is 0 Å². The zero-order valence-electron chi connectivity index (χ0n) is 10.7. The first-order valence-corrected chi connectivity index (χ1v) is 6.25. The Morgan fingerprint density at radius 2 is 2.11 bits per heavy atom. The number of aryl methyl sites for hydroxylation is 1. The summed E-state index contributed by atoms with van der Waals surface area (Å²) < 4.78 is 2.06. The molecule has 0 saturated carbocycles. The van der Waals surface area contributed by atoms with Gasteiger partial charge in [-0.05, 0) is 5.56 Å². The Morgan fingerprint density at radius 3 is 2.83 bits per heavy atom. The van der Waals surface area contributed by atoms with Crippen LogP contribution in [0.25, 0.3) is 6.08 Å². The van der Waals surface area contributed by atoms with Gasteiger partial charge in [-0.2, -0.15) is 0 Å². The maximum Gasteiger partial charge on any atom is 0.109 e. The minimum atomic E-state index is 0.888. The molecule has 0 bridgehead atoms. The number of rotatable bonds is 6. The second-order valence-corrected chi connectivity index (χ2v) is 4.22. The molecule has 0 aliphatic carbocycles. The number of hydrogen-bond acceptors (Lipinski definition) is 2. The number of hydrogen-bond donors (Lipinski definition) is 1. The summed E-state index contributed by atoms with van der Waals surface area (Å²) >= 11 is 0. The number of aromatic nitrogens is 2. The molecule has 3 heteroatoms. The third-order valence-corrected chi connectivity index (χ3v) is 2.82. The van der Waals surface area contributed by atoms with Gasteiger partial charge in [-0.25, -0.2) is 4.98 Å². The average molecular weight is 241 g/mol. The van der Waals surface area contributed by atoms with E-state index in [1.54, 1.807) is 0 Å². The van der Waals surface area contributed by atoms with E-state index in [0.717, 1.165) is 25.3 Å². The van der Waals surface area contributed by atoms with E-state index in [0.29, 0.717) is 0 Å². The molecule has 0 aliphatic rings. The number of nitrogens with one attached hydrogen (secondary N) is 1. The quantitative estimate of drug-likeness (QED) is 0.786. The standard InChI is InChI=1S/C15H19N3/c1-18-13-12-17-15(18)9-11-16-10-5-8-14-6-3-2-4-7-14/h2-8,12-13,16H,9-11H2,1H3/b8-5+. The number of imidazole rings is 1. The summed E-state index contributed by atoms with van der Waals surface area (Å²) in [6.07, 6.45) is 9.06. The van der Waals surface area contributed by atoms with Gasteiger partial charge in [0.15, 0.2) is 0 Å². The summed E-state index contributed by atoms with van der Waals surface area (Å²) in [4.78, 5) is 4.29. The molecule has 2 aromatic rings. The zero-order chi connectivity index (χ0) is 12.6. The van der Waals surface area contributed by atoms with Gasteiger partial charge in [0.25, 0.3) is 0 Å². The van der Waals surface area contributed by atoms with E-state index in [2.05, 4.69) is 39.2 Å². The molecule has 0 amide bonds. The van der Waals surface area contributed by atoms with Crippen LogP contribution in [0.15, 0.2) is 48.8 Å². The summed E-state index contributed by atoms with van der Waals surface area (Å²) in [6, 6.07) is 10.3. The second-order valence-electron chi connectivity index (χ2n) is 4.22.